The van der Waals surface area contributed by atoms with Gasteiger partial charge >= 0.3 is 0 Å². The van der Waals surface area contributed by atoms with Crippen LogP contribution in [0.4, 0.5) is 0 Å². The van der Waals surface area contributed by atoms with Crippen molar-refractivity contribution in [3.05, 3.63) is 12.2 Å². The van der Waals surface area contributed by atoms with Gasteiger partial charge in [-0.05, 0) is 18.9 Å². The summed E-state index contributed by atoms with van der Waals surface area (Å²) in [5.74, 6) is -0.473. The van der Waals surface area contributed by atoms with E-state index in [0.717, 1.165) is 12.8 Å². The number of hydrogen-bond acceptors (Lipinski definition) is 2. The van der Waals surface area contributed by atoms with E-state index in [1.54, 1.807) is 6.08 Å². The highest BCUT2D eigenvalue weighted by atomic mass is 16.2. The molecule has 1 rings (SSSR count). The van der Waals surface area contributed by atoms with Gasteiger partial charge in [-0.15, -0.1) is 0 Å². The number of nitrogens with one attached hydrogen (secondary N) is 1. The fourth-order valence-electron chi connectivity index (χ4n) is 0.812. The van der Waals surface area contributed by atoms with Crippen molar-refractivity contribution in [1.82, 2.24) is 5.32 Å². The molecule has 54 valence electrons. The molecule has 1 heterocycles. The van der Waals surface area contributed by atoms with Crippen molar-refractivity contribution in [2.45, 2.75) is 19.3 Å². The Balaban J connectivity index is 2.56. The lowest BCUT2D eigenvalue weighted by molar-refractivity contribution is -0.128. The molecule has 1 N–H and O–H groups in total. The van der Waals surface area contributed by atoms with Crippen molar-refractivity contribution in [2.75, 3.05) is 0 Å². The van der Waals surface area contributed by atoms with Gasteiger partial charge in [0, 0.05) is 6.42 Å². The number of imide groups is 1. The number of carbonyl (C=O) groups excluding carboxylic acids is 2. The summed E-state index contributed by atoms with van der Waals surface area (Å²) >= 11 is 0. The molecule has 3 nitrogen and oxygen atoms in total. The molecule has 0 aromatic carbocycles. The molecule has 0 saturated heterocycles. The molecule has 0 spiro atoms. The molecule has 0 aromatic rings. The molecule has 0 bridgehead atoms. The van der Waals surface area contributed by atoms with Crippen LogP contribution < -0.4 is 5.32 Å². The molecule has 0 radical (unpaired) electrons. The van der Waals surface area contributed by atoms with Gasteiger partial charge in [0.25, 0.3) is 0 Å². The molecule has 3 heteroatoms. The highest BCUT2D eigenvalue weighted by Crippen LogP contribution is 1.99. The first-order valence-electron chi connectivity index (χ1n) is 3.29. The van der Waals surface area contributed by atoms with Crippen molar-refractivity contribution in [3.8, 4) is 0 Å². The van der Waals surface area contributed by atoms with Crippen LogP contribution in [0.2, 0.25) is 0 Å². The SMILES string of the molecule is O=C1/C=C\CCCC(=O)N1. The zero-order chi connectivity index (χ0) is 7.40. The Hall–Kier alpha value is -1.12. The molecule has 10 heavy (non-hydrogen) atoms. The second-order valence-corrected chi connectivity index (χ2v) is 2.21. The van der Waals surface area contributed by atoms with Crippen molar-refractivity contribution >= 4 is 11.8 Å². The maximum atomic E-state index is 10.7. The van der Waals surface area contributed by atoms with E-state index in [1.165, 1.54) is 6.08 Å². The van der Waals surface area contributed by atoms with Crippen molar-refractivity contribution in [3.63, 3.8) is 0 Å². The Morgan fingerprint density at radius 2 is 2.20 bits per heavy atom. The molecular formula is C7H9NO2. The minimum atomic E-state index is -0.301. The Kier molecular flexibility index (Phi) is 2.20. The van der Waals surface area contributed by atoms with Crippen LogP contribution in [0, 0.1) is 0 Å². The fraction of sp³-hybridized carbons (Fsp3) is 0.429. The van der Waals surface area contributed by atoms with Crippen LogP contribution in [0.25, 0.3) is 0 Å². The van der Waals surface area contributed by atoms with Crippen LogP contribution in [-0.2, 0) is 9.59 Å². The predicted octanol–water partition coefficient (Wildman–Crippen LogP) is 0.369. The Morgan fingerprint density at radius 1 is 1.40 bits per heavy atom. The highest BCUT2D eigenvalue weighted by Gasteiger charge is 2.05. The van der Waals surface area contributed by atoms with Crippen LogP contribution in [0.15, 0.2) is 12.2 Å². The average Bonchev–Trinajstić information content (AvgIpc) is 1.83. The summed E-state index contributed by atoms with van der Waals surface area (Å²) in [6.45, 7) is 0. The number of hydrogen-bond donors (Lipinski definition) is 1. The summed E-state index contributed by atoms with van der Waals surface area (Å²) in [5, 5.41) is 2.22. The topological polar surface area (TPSA) is 46.2 Å². The van der Waals surface area contributed by atoms with Gasteiger partial charge in [0.05, 0.1) is 0 Å². The van der Waals surface area contributed by atoms with Gasteiger partial charge in [-0.2, -0.15) is 0 Å². The predicted molar refractivity (Wildman–Crippen MR) is 36.1 cm³/mol. The number of carbonyl (C=O) groups is 2. The molecule has 1 aliphatic heterocycles. The van der Waals surface area contributed by atoms with Crippen LogP contribution in [0.1, 0.15) is 19.3 Å². The Morgan fingerprint density at radius 3 is 3.00 bits per heavy atom. The van der Waals surface area contributed by atoms with Gasteiger partial charge < -0.3 is 0 Å². The minimum Gasteiger partial charge on any atom is -0.293 e. The lowest BCUT2D eigenvalue weighted by Gasteiger charge is -2.02. The van der Waals surface area contributed by atoms with E-state index >= 15 is 0 Å². The van der Waals surface area contributed by atoms with E-state index in [2.05, 4.69) is 5.32 Å². The Labute approximate surface area is 59.1 Å². The zero-order valence-electron chi connectivity index (χ0n) is 5.59. The second kappa shape index (κ2) is 3.15. The molecular weight excluding hydrogens is 130 g/mol. The summed E-state index contributed by atoms with van der Waals surface area (Å²) in [4.78, 5) is 21.3. The minimum absolute atomic E-state index is 0.172. The third-order valence-corrected chi connectivity index (χ3v) is 1.31. The molecule has 0 aromatic heterocycles. The van der Waals surface area contributed by atoms with Gasteiger partial charge in [0.15, 0.2) is 0 Å². The van der Waals surface area contributed by atoms with Crippen molar-refractivity contribution in [2.24, 2.45) is 0 Å². The molecule has 0 saturated carbocycles. The van der Waals surface area contributed by atoms with E-state index in [1.807, 2.05) is 0 Å². The second-order valence-electron chi connectivity index (χ2n) is 2.21. The normalized spacial score (nSPS) is 22.8. The van der Waals surface area contributed by atoms with Gasteiger partial charge in [-0.3, -0.25) is 14.9 Å². The quantitative estimate of drug-likeness (QED) is 0.493. The van der Waals surface area contributed by atoms with E-state index in [-0.39, 0.29) is 11.8 Å². The molecule has 1 aliphatic rings. The van der Waals surface area contributed by atoms with Gasteiger partial charge in [-0.1, -0.05) is 6.08 Å². The maximum absolute atomic E-state index is 10.7. The average molecular weight is 139 g/mol. The van der Waals surface area contributed by atoms with E-state index < -0.39 is 0 Å². The van der Waals surface area contributed by atoms with Crippen LogP contribution in [0.5, 0.6) is 0 Å². The third kappa shape index (κ3) is 2.01. The third-order valence-electron chi connectivity index (χ3n) is 1.31. The standard InChI is InChI=1S/C7H9NO2/c9-6-4-2-1-3-5-7(10)8-6/h2,4H,1,3,5H2,(H,8,9,10)/b4-2-. The molecule has 0 unspecified atom stereocenters. The molecule has 2 amide bonds. The number of amides is 2. The highest BCUT2D eigenvalue weighted by molar-refractivity contribution is 6.01. The maximum Gasteiger partial charge on any atom is 0.250 e. The van der Waals surface area contributed by atoms with Gasteiger partial charge in [-0.25, -0.2) is 0 Å². The molecule has 0 aliphatic carbocycles. The first-order chi connectivity index (χ1) is 4.79. The van der Waals surface area contributed by atoms with Gasteiger partial charge in [0.2, 0.25) is 11.8 Å². The zero-order valence-corrected chi connectivity index (χ0v) is 5.59. The molecule has 0 fully saturated rings. The van der Waals surface area contributed by atoms with Crippen molar-refractivity contribution in [1.29, 1.82) is 0 Å². The molecule has 0 atom stereocenters. The fourth-order valence-corrected chi connectivity index (χ4v) is 0.812. The van der Waals surface area contributed by atoms with Crippen molar-refractivity contribution < 1.29 is 9.59 Å². The summed E-state index contributed by atoms with van der Waals surface area (Å²) < 4.78 is 0. The van der Waals surface area contributed by atoms with Crippen LogP contribution >= 0.6 is 0 Å². The largest absolute Gasteiger partial charge is 0.293 e. The summed E-state index contributed by atoms with van der Waals surface area (Å²) in [7, 11) is 0. The number of allylic oxidation sites excluding steroid dienone is 1. The first-order valence-corrected chi connectivity index (χ1v) is 3.29. The summed E-state index contributed by atoms with van der Waals surface area (Å²) in [5.41, 5.74) is 0. The van der Waals surface area contributed by atoms with Crippen LogP contribution in [-0.4, -0.2) is 11.8 Å². The van der Waals surface area contributed by atoms with E-state index in [0.29, 0.717) is 6.42 Å². The lowest BCUT2D eigenvalue weighted by atomic mass is 10.2. The smallest absolute Gasteiger partial charge is 0.250 e. The van der Waals surface area contributed by atoms with Crippen LogP contribution in [0.3, 0.4) is 0 Å². The van der Waals surface area contributed by atoms with E-state index in [4.69, 9.17) is 0 Å². The lowest BCUT2D eigenvalue weighted by Crippen LogP contribution is -2.29. The Bertz CT molecular complexity index is 184. The number of rotatable bonds is 0. The monoisotopic (exact) mass is 139 g/mol. The van der Waals surface area contributed by atoms with Gasteiger partial charge in [0.1, 0.15) is 0 Å². The summed E-state index contributed by atoms with van der Waals surface area (Å²) in [6.07, 6.45) is 5.28. The summed E-state index contributed by atoms with van der Waals surface area (Å²) in [6, 6.07) is 0. The van der Waals surface area contributed by atoms with E-state index in [9.17, 15) is 9.59 Å². The first kappa shape index (κ1) is 6.99.